The van der Waals surface area contributed by atoms with Crippen LogP contribution < -0.4 is 5.73 Å². The van der Waals surface area contributed by atoms with Crippen molar-refractivity contribution < 1.29 is 9.90 Å². The number of hydrogen-bond donors (Lipinski definition) is 2. The van der Waals surface area contributed by atoms with Gasteiger partial charge in [-0.25, -0.2) is 0 Å². The van der Waals surface area contributed by atoms with Crippen LogP contribution in [0.4, 0.5) is 0 Å². The van der Waals surface area contributed by atoms with Gasteiger partial charge in [0.2, 0.25) is 0 Å². The average Bonchev–Trinajstić information content (AvgIpc) is 2.18. The molecule has 0 radical (unpaired) electrons. The lowest BCUT2D eigenvalue weighted by molar-refractivity contribution is -0.143. The van der Waals surface area contributed by atoms with E-state index in [-0.39, 0.29) is 6.54 Å². The molecule has 4 nitrogen and oxygen atoms in total. The zero-order valence-corrected chi connectivity index (χ0v) is 9.65. The molecule has 0 aliphatic heterocycles. The lowest BCUT2D eigenvalue weighted by atomic mass is 9.86. The largest absolute Gasteiger partial charge is 0.480 e. The van der Waals surface area contributed by atoms with Gasteiger partial charge in [0, 0.05) is 12.6 Å². The van der Waals surface area contributed by atoms with E-state index in [4.69, 9.17) is 10.8 Å². The van der Waals surface area contributed by atoms with E-state index >= 15 is 0 Å². The van der Waals surface area contributed by atoms with Crippen LogP contribution in [0.5, 0.6) is 0 Å². The van der Waals surface area contributed by atoms with E-state index in [1.165, 1.54) is 12.8 Å². The van der Waals surface area contributed by atoms with Gasteiger partial charge in [0.1, 0.15) is 6.04 Å². The third-order valence-corrected chi connectivity index (χ3v) is 3.48. The summed E-state index contributed by atoms with van der Waals surface area (Å²) in [5.74, 6) is -0.100. The molecule has 0 saturated heterocycles. The molecule has 0 aromatic rings. The number of hydrogen-bond acceptors (Lipinski definition) is 3. The number of carboxylic acid groups (broad SMARTS) is 1. The SMILES string of the molecule is CC1CCCC(N(C)C(CN)C(=O)O)C1. The fourth-order valence-electron chi connectivity index (χ4n) is 2.47. The van der Waals surface area contributed by atoms with E-state index in [0.717, 1.165) is 12.8 Å². The van der Waals surface area contributed by atoms with E-state index in [1.54, 1.807) is 0 Å². The Morgan fingerprint density at radius 1 is 1.60 bits per heavy atom. The van der Waals surface area contributed by atoms with E-state index in [9.17, 15) is 4.79 Å². The minimum atomic E-state index is -0.807. The highest BCUT2D eigenvalue weighted by atomic mass is 16.4. The molecule has 0 heterocycles. The second-order valence-corrected chi connectivity index (χ2v) is 4.68. The van der Waals surface area contributed by atoms with Gasteiger partial charge < -0.3 is 10.8 Å². The minimum absolute atomic E-state index is 0.191. The smallest absolute Gasteiger partial charge is 0.322 e. The van der Waals surface area contributed by atoms with Crippen LogP contribution in [0.1, 0.15) is 32.6 Å². The summed E-state index contributed by atoms with van der Waals surface area (Å²) in [5.41, 5.74) is 5.49. The highest BCUT2D eigenvalue weighted by molar-refractivity contribution is 5.73. The number of rotatable bonds is 4. The normalized spacial score (nSPS) is 29.1. The highest BCUT2D eigenvalue weighted by Gasteiger charge is 2.29. The Labute approximate surface area is 91.4 Å². The fraction of sp³-hybridized carbons (Fsp3) is 0.909. The molecule has 3 N–H and O–H groups in total. The molecule has 1 saturated carbocycles. The molecule has 1 aliphatic rings. The van der Waals surface area contributed by atoms with Crippen LogP contribution in [0.25, 0.3) is 0 Å². The topological polar surface area (TPSA) is 66.6 Å². The fourth-order valence-corrected chi connectivity index (χ4v) is 2.47. The Hall–Kier alpha value is -0.610. The zero-order valence-electron chi connectivity index (χ0n) is 9.65. The van der Waals surface area contributed by atoms with Gasteiger partial charge in [0.25, 0.3) is 0 Å². The number of carbonyl (C=O) groups is 1. The first-order chi connectivity index (χ1) is 7.06. The Morgan fingerprint density at radius 3 is 2.73 bits per heavy atom. The van der Waals surface area contributed by atoms with Gasteiger partial charge in [-0.15, -0.1) is 0 Å². The Bertz CT molecular complexity index is 221. The Kier molecular flexibility index (Phi) is 4.54. The van der Waals surface area contributed by atoms with Crippen molar-refractivity contribution in [3.05, 3.63) is 0 Å². The van der Waals surface area contributed by atoms with Crippen molar-refractivity contribution in [2.45, 2.75) is 44.7 Å². The van der Waals surface area contributed by atoms with Crippen LogP contribution >= 0.6 is 0 Å². The van der Waals surface area contributed by atoms with Crippen LogP contribution in [0.2, 0.25) is 0 Å². The summed E-state index contributed by atoms with van der Waals surface area (Å²) in [6, 6.07) is -0.140. The third kappa shape index (κ3) is 3.18. The first-order valence-electron chi connectivity index (χ1n) is 5.71. The lowest BCUT2D eigenvalue weighted by Crippen LogP contribution is -2.50. The van der Waals surface area contributed by atoms with E-state index in [1.807, 2.05) is 11.9 Å². The van der Waals surface area contributed by atoms with Crippen LogP contribution in [-0.2, 0) is 4.79 Å². The molecule has 0 bridgehead atoms. The maximum Gasteiger partial charge on any atom is 0.322 e. The summed E-state index contributed by atoms with van der Waals surface area (Å²) in [6.45, 7) is 2.43. The predicted molar refractivity (Wildman–Crippen MR) is 59.7 cm³/mol. The maximum absolute atomic E-state index is 11.0. The molecule has 3 atom stereocenters. The number of likely N-dealkylation sites (N-methyl/N-ethyl adjacent to an activating group) is 1. The van der Waals surface area contributed by atoms with Gasteiger partial charge in [-0.05, 0) is 25.8 Å². The molecule has 1 fully saturated rings. The second-order valence-electron chi connectivity index (χ2n) is 4.68. The minimum Gasteiger partial charge on any atom is -0.480 e. The molecule has 0 spiro atoms. The molecule has 0 amide bonds. The van der Waals surface area contributed by atoms with Gasteiger partial charge in [-0.2, -0.15) is 0 Å². The first-order valence-corrected chi connectivity index (χ1v) is 5.71. The molecular formula is C11H22N2O2. The van der Waals surface area contributed by atoms with Gasteiger partial charge in [0.05, 0.1) is 0 Å². The van der Waals surface area contributed by atoms with Gasteiger partial charge >= 0.3 is 5.97 Å². The van der Waals surface area contributed by atoms with Gasteiger partial charge in [-0.1, -0.05) is 19.8 Å². The molecule has 88 valence electrons. The van der Waals surface area contributed by atoms with E-state index in [2.05, 4.69) is 6.92 Å². The molecule has 1 aliphatic carbocycles. The lowest BCUT2D eigenvalue weighted by Gasteiger charge is -2.36. The van der Waals surface area contributed by atoms with Crippen molar-refractivity contribution in [3.8, 4) is 0 Å². The van der Waals surface area contributed by atoms with Crippen molar-refractivity contribution >= 4 is 5.97 Å². The Balaban J connectivity index is 2.57. The summed E-state index contributed by atoms with van der Waals surface area (Å²) >= 11 is 0. The maximum atomic E-state index is 11.0. The van der Waals surface area contributed by atoms with Crippen molar-refractivity contribution in [3.63, 3.8) is 0 Å². The molecule has 3 unspecified atom stereocenters. The highest BCUT2D eigenvalue weighted by Crippen LogP contribution is 2.27. The zero-order chi connectivity index (χ0) is 11.4. The Morgan fingerprint density at radius 2 is 2.27 bits per heavy atom. The number of aliphatic carboxylic acids is 1. The molecule has 0 aromatic heterocycles. The first kappa shape index (κ1) is 12.5. The molecule has 15 heavy (non-hydrogen) atoms. The molecular weight excluding hydrogens is 192 g/mol. The second kappa shape index (κ2) is 5.47. The number of carboxylic acids is 1. The standard InChI is InChI=1S/C11H22N2O2/c1-8-4-3-5-9(6-8)13(2)10(7-12)11(14)15/h8-10H,3-7,12H2,1-2H3,(H,14,15). The summed E-state index contributed by atoms with van der Waals surface area (Å²) in [5, 5.41) is 9.02. The monoisotopic (exact) mass is 214 g/mol. The van der Waals surface area contributed by atoms with Crippen molar-refractivity contribution in [2.75, 3.05) is 13.6 Å². The van der Waals surface area contributed by atoms with E-state index in [0.29, 0.717) is 12.0 Å². The van der Waals surface area contributed by atoms with Gasteiger partial charge in [0.15, 0.2) is 0 Å². The van der Waals surface area contributed by atoms with Crippen molar-refractivity contribution in [1.29, 1.82) is 0 Å². The van der Waals surface area contributed by atoms with Crippen LogP contribution in [-0.4, -0.2) is 41.7 Å². The summed E-state index contributed by atoms with van der Waals surface area (Å²) in [4.78, 5) is 12.9. The molecule has 4 heteroatoms. The van der Waals surface area contributed by atoms with Crippen LogP contribution in [0.3, 0.4) is 0 Å². The predicted octanol–water partition coefficient (Wildman–Crippen LogP) is 0.909. The van der Waals surface area contributed by atoms with Crippen molar-refractivity contribution in [2.24, 2.45) is 11.7 Å². The van der Waals surface area contributed by atoms with E-state index < -0.39 is 12.0 Å². The van der Waals surface area contributed by atoms with Crippen molar-refractivity contribution in [1.82, 2.24) is 4.90 Å². The number of nitrogens with two attached hydrogens (primary N) is 1. The van der Waals surface area contributed by atoms with Gasteiger partial charge in [-0.3, -0.25) is 9.69 Å². The average molecular weight is 214 g/mol. The molecule has 1 rings (SSSR count). The summed E-state index contributed by atoms with van der Waals surface area (Å²) in [6.07, 6.45) is 4.67. The number of nitrogens with zero attached hydrogens (tertiary/aromatic N) is 1. The quantitative estimate of drug-likeness (QED) is 0.730. The van der Waals surface area contributed by atoms with Crippen LogP contribution in [0.15, 0.2) is 0 Å². The summed E-state index contributed by atoms with van der Waals surface area (Å²) in [7, 11) is 1.88. The third-order valence-electron chi connectivity index (χ3n) is 3.48. The summed E-state index contributed by atoms with van der Waals surface area (Å²) < 4.78 is 0. The van der Waals surface area contributed by atoms with Crippen LogP contribution in [0, 0.1) is 5.92 Å². The molecule has 0 aromatic carbocycles.